The molecule has 0 aliphatic carbocycles. The minimum atomic E-state index is 0.0298. The second-order valence-corrected chi connectivity index (χ2v) is 6.75. The van der Waals surface area contributed by atoms with Gasteiger partial charge in [-0.2, -0.15) is 0 Å². The van der Waals surface area contributed by atoms with Gasteiger partial charge in [-0.3, -0.25) is 4.79 Å². The molecule has 2 aromatic carbocycles. The molecule has 0 aromatic heterocycles. The Kier molecular flexibility index (Phi) is 3.69. The van der Waals surface area contributed by atoms with Crippen LogP contribution < -0.4 is 10.1 Å². The molecule has 4 nitrogen and oxygen atoms in total. The average molecular weight is 310 g/mol. The molecular formula is C19H22N2O2. The van der Waals surface area contributed by atoms with Gasteiger partial charge in [0.15, 0.2) is 0 Å². The van der Waals surface area contributed by atoms with Crippen molar-refractivity contribution >= 4 is 16.7 Å². The number of hydrogen-bond donors (Lipinski definition) is 1. The van der Waals surface area contributed by atoms with Crippen LogP contribution in [0.15, 0.2) is 36.4 Å². The number of carbonyl (C=O) groups is 1. The smallest absolute Gasteiger partial charge is 0.251 e. The zero-order valence-electron chi connectivity index (χ0n) is 13.4. The van der Waals surface area contributed by atoms with Gasteiger partial charge in [0.25, 0.3) is 5.91 Å². The van der Waals surface area contributed by atoms with Gasteiger partial charge in [0.05, 0.1) is 7.11 Å². The van der Waals surface area contributed by atoms with Gasteiger partial charge < -0.3 is 15.0 Å². The summed E-state index contributed by atoms with van der Waals surface area (Å²) in [6.45, 7) is 3.39. The molecule has 1 amide bonds. The van der Waals surface area contributed by atoms with Crippen LogP contribution in [-0.2, 0) is 0 Å². The normalized spacial score (nSPS) is 26.2. The molecule has 1 N–H and O–H groups in total. The van der Waals surface area contributed by atoms with Gasteiger partial charge in [-0.25, -0.2) is 0 Å². The van der Waals surface area contributed by atoms with E-state index >= 15 is 0 Å². The van der Waals surface area contributed by atoms with E-state index in [-0.39, 0.29) is 11.9 Å². The number of fused-ring (bicyclic) bond motifs is 3. The number of benzene rings is 2. The molecule has 23 heavy (non-hydrogen) atoms. The van der Waals surface area contributed by atoms with Gasteiger partial charge >= 0.3 is 0 Å². The van der Waals surface area contributed by atoms with Gasteiger partial charge in [-0.15, -0.1) is 0 Å². The lowest BCUT2D eigenvalue weighted by molar-refractivity contribution is 0.0909. The van der Waals surface area contributed by atoms with Crippen LogP contribution in [0.25, 0.3) is 10.8 Å². The summed E-state index contributed by atoms with van der Waals surface area (Å²) in [4.78, 5) is 15.0. The molecule has 2 aromatic rings. The minimum Gasteiger partial charge on any atom is -0.497 e. The second-order valence-electron chi connectivity index (χ2n) is 6.75. The first kappa shape index (κ1) is 14.5. The summed E-state index contributed by atoms with van der Waals surface area (Å²) in [6, 6.07) is 12.1. The Bertz CT molecular complexity index is 731. The first-order valence-electron chi connectivity index (χ1n) is 8.32. The van der Waals surface area contributed by atoms with Crippen molar-refractivity contribution in [3.8, 4) is 5.75 Å². The van der Waals surface area contributed by atoms with Gasteiger partial charge in [-0.05, 0) is 60.3 Å². The summed E-state index contributed by atoms with van der Waals surface area (Å²) in [5, 5.41) is 5.36. The lowest BCUT2D eigenvalue weighted by Gasteiger charge is -2.30. The van der Waals surface area contributed by atoms with Crippen molar-refractivity contribution in [2.24, 2.45) is 5.92 Å². The average Bonchev–Trinajstić information content (AvgIpc) is 2.92. The number of nitrogens with zero attached hydrogens (tertiary/aromatic N) is 1. The maximum Gasteiger partial charge on any atom is 0.251 e. The largest absolute Gasteiger partial charge is 0.497 e. The lowest BCUT2D eigenvalue weighted by atomic mass is 9.96. The maximum absolute atomic E-state index is 12.6. The van der Waals surface area contributed by atoms with E-state index in [0.717, 1.165) is 41.0 Å². The summed E-state index contributed by atoms with van der Waals surface area (Å²) in [7, 11) is 1.66. The molecule has 4 heteroatoms. The van der Waals surface area contributed by atoms with Crippen molar-refractivity contribution in [2.45, 2.75) is 18.9 Å². The molecule has 2 aliphatic rings. The van der Waals surface area contributed by atoms with Crippen LogP contribution in [0.2, 0.25) is 0 Å². The predicted molar refractivity (Wildman–Crippen MR) is 90.9 cm³/mol. The summed E-state index contributed by atoms with van der Waals surface area (Å²) in [6.07, 6.45) is 2.39. The van der Waals surface area contributed by atoms with Crippen LogP contribution in [0.5, 0.6) is 5.75 Å². The molecule has 120 valence electrons. The van der Waals surface area contributed by atoms with Gasteiger partial charge in [0.1, 0.15) is 5.75 Å². The highest BCUT2D eigenvalue weighted by atomic mass is 16.5. The Balaban J connectivity index is 1.52. The van der Waals surface area contributed by atoms with E-state index in [1.807, 2.05) is 36.4 Å². The molecule has 1 unspecified atom stereocenters. The molecule has 0 radical (unpaired) electrons. The summed E-state index contributed by atoms with van der Waals surface area (Å²) < 4.78 is 5.27. The summed E-state index contributed by atoms with van der Waals surface area (Å²) >= 11 is 0. The fourth-order valence-corrected chi connectivity index (χ4v) is 3.93. The third-order valence-corrected chi connectivity index (χ3v) is 5.11. The zero-order valence-corrected chi connectivity index (χ0v) is 13.4. The Morgan fingerprint density at radius 1 is 1.17 bits per heavy atom. The third-order valence-electron chi connectivity index (χ3n) is 5.11. The highest BCUT2D eigenvalue weighted by Crippen LogP contribution is 2.27. The van der Waals surface area contributed by atoms with Gasteiger partial charge in [0, 0.05) is 24.7 Å². The highest BCUT2D eigenvalue weighted by Gasteiger charge is 2.32. The monoisotopic (exact) mass is 310 g/mol. The quantitative estimate of drug-likeness (QED) is 0.947. The van der Waals surface area contributed by atoms with E-state index in [2.05, 4.69) is 10.2 Å². The fourth-order valence-electron chi connectivity index (χ4n) is 3.93. The van der Waals surface area contributed by atoms with Crippen molar-refractivity contribution in [1.82, 2.24) is 10.2 Å². The van der Waals surface area contributed by atoms with Crippen LogP contribution >= 0.6 is 0 Å². The van der Waals surface area contributed by atoms with E-state index in [9.17, 15) is 4.79 Å². The molecular weight excluding hydrogens is 288 g/mol. The first-order valence-corrected chi connectivity index (χ1v) is 8.32. The molecule has 3 atom stereocenters. The van der Waals surface area contributed by atoms with Crippen LogP contribution in [0.4, 0.5) is 0 Å². The number of piperidine rings is 1. The third kappa shape index (κ3) is 2.91. The maximum atomic E-state index is 12.6. The minimum absolute atomic E-state index is 0.0298. The van der Waals surface area contributed by atoms with Crippen molar-refractivity contribution in [3.63, 3.8) is 0 Å². The van der Waals surface area contributed by atoms with E-state index in [0.29, 0.717) is 0 Å². The second kappa shape index (κ2) is 5.85. The zero-order chi connectivity index (χ0) is 15.8. The Labute approximate surface area is 136 Å². The van der Waals surface area contributed by atoms with Crippen LogP contribution in [0.1, 0.15) is 23.2 Å². The fraction of sp³-hybridized carbons (Fsp3) is 0.421. The molecule has 2 bridgehead atoms. The van der Waals surface area contributed by atoms with E-state index in [1.165, 1.54) is 19.5 Å². The SMILES string of the molecule is COc1ccc2ccc(C(=O)N[C@@H]3C[C@@H]4CCN(C4)C3)cc2c1. The number of rotatable bonds is 3. The number of amides is 1. The van der Waals surface area contributed by atoms with E-state index in [1.54, 1.807) is 7.11 Å². The van der Waals surface area contributed by atoms with E-state index < -0.39 is 0 Å². The van der Waals surface area contributed by atoms with E-state index in [4.69, 9.17) is 4.74 Å². The predicted octanol–water partition coefficient (Wildman–Crippen LogP) is 2.67. The number of nitrogens with one attached hydrogen (secondary N) is 1. The topological polar surface area (TPSA) is 41.6 Å². The van der Waals surface area contributed by atoms with Crippen molar-refractivity contribution in [2.75, 3.05) is 26.7 Å². The molecule has 2 heterocycles. The molecule has 2 saturated heterocycles. The molecule has 4 rings (SSSR count). The summed E-state index contributed by atoms with van der Waals surface area (Å²) in [5.74, 6) is 1.60. The number of carbonyl (C=O) groups excluding carboxylic acids is 1. The number of hydrogen-bond acceptors (Lipinski definition) is 3. The Morgan fingerprint density at radius 3 is 2.87 bits per heavy atom. The van der Waals surface area contributed by atoms with Crippen LogP contribution in [-0.4, -0.2) is 43.6 Å². The standard InChI is InChI=1S/C19H22N2O2/c1-23-18-5-4-14-2-3-15(9-16(14)10-18)19(22)20-17-8-13-6-7-21(11-13)12-17/h2-5,9-10,13,17H,6-8,11-12H2,1H3,(H,20,22)/t13-,17+/m0/s1. The van der Waals surface area contributed by atoms with Crippen molar-refractivity contribution in [1.29, 1.82) is 0 Å². The first-order chi connectivity index (χ1) is 11.2. The number of ether oxygens (including phenoxy) is 1. The molecule has 0 spiro atoms. The number of methoxy groups -OCH3 is 1. The van der Waals surface area contributed by atoms with Gasteiger partial charge in [0.2, 0.25) is 0 Å². The summed E-state index contributed by atoms with van der Waals surface area (Å²) in [5.41, 5.74) is 0.721. The molecule has 0 saturated carbocycles. The Hall–Kier alpha value is -2.07. The van der Waals surface area contributed by atoms with Crippen molar-refractivity contribution in [3.05, 3.63) is 42.0 Å². The molecule has 2 fully saturated rings. The Morgan fingerprint density at radius 2 is 2.04 bits per heavy atom. The van der Waals surface area contributed by atoms with Crippen LogP contribution in [0.3, 0.4) is 0 Å². The van der Waals surface area contributed by atoms with Crippen LogP contribution in [0, 0.1) is 5.92 Å². The molecule has 2 aliphatic heterocycles. The lowest BCUT2D eigenvalue weighted by Crippen LogP contribution is -2.47. The van der Waals surface area contributed by atoms with Gasteiger partial charge in [-0.1, -0.05) is 12.1 Å². The highest BCUT2D eigenvalue weighted by molar-refractivity contribution is 5.99. The van der Waals surface area contributed by atoms with Crippen molar-refractivity contribution < 1.29 is 9.53 Å².